The predicted octanol–water partition coefficient (Wildman–Crippen LogP) is 2.77. The molecular formula is C18H29NO5. The number of piperidine rings is 1. The molecule has 0 radical (unpaired) electrons. The third-order valence-electron chi connectivity index (χ3n) is 4.31. The van der Waals surface area contributed by atoms with E-state index in [1.165, 1.54) is 12.7 Å². The molecule has 2 unspecified atom stereocenters. The van der Waals surface area contributed by atoms with Crippen molar-refractivity contribution in [1.29, 1.82) is 0 Å². The van der Waals surface area contributed by atoms with Crippen LogP contribution in [0.4, 0.5) is 4.79 Å². The van der Waals surface area contributed by atoms with E-state index in [9.17, 15) is 9.59 Å². The molecule has 2 rings (SSSR count). The van der Waals surface area contributed by atoms with Gasteiger partial charge in [-0.3, -0.25) is 4.79 Å². The van der Waals surface area contributed by atoms with E-state index in [1.54, 1.807) is 4.90 Å². The number of carbonyl (C=O) groups excluding carboxylic acids is 2. The van der Waals surface area contributed by atoms with Crippen molar-refractivity contribution in [1.82, 2.24) is 4.90 Å². The van der Waals surface area contributed by atoms with Crippen LogP contribution in [0.5, 0.6) is 0 Å². The lowest BCUT2D eigenvalue weighted by Crippen LogP contribution is -2.51. The lowest BCUT2D eigenvalue weighted by atomic mass is 9.81. The smallest absolute Gasteiger partial charge is 0.410 e. The number of rotatable bonds is 4. The van der Waals surface area contributed by atoms with Gasteiger partial charge in [-0.1, -0.05) is 11.6 Å². The van der Waals surface area contributed by atoms with Crippen molar-refractivity contribution in [3.05, 3.63) is 11.6 Å². The monoisotopic (exact) mass is 339 g/mol. The topological polar surface area (TPSA) is 65.1 Å². The van der Waals surface area contributed by atoms with Crippen LogP contribution in [0.1, 0.15) is 40.0 Å². The molecule has 6 heteroatoms. The molecule has 0 saturated carbocycles. The standard InChI is InChI=1S/C18H29NO5/c1-18(2,3)24-17(21)19-9-13-11-23-12-14(10-19)15(13)7-5-6-8-16(20)22-4/h7,13-14H,5-6,8-12H2,1-4H3. The lowest BCUT2D eigenvalue weighted by molar-refractivity contribution is -0.140. The van der Waals surface area contributed by atoms with E-state index in [4.69, 9.17) is 9.47 Å². The van der Waals surface area contributed by atoms with Crippen LogP contribution in [0, 0.1) is 11.8 Å². The zero-order valence-corrected chi connectivity index (χ0v) is 15.2. The number of likely N-dealkylation sites (tertiary alicyclic amines) is 1. The van der Waals surface area contributed by atoms with Gasteiger partial charge in [0.1, 0.15) is 5.60 Å². The first kappa shape index (κ1) is 18.8. The number of esters is 1. The van der Waals surface area contributed by atoms with E-state index in [1.807, 2.05) is 20.8 Å². The zero-order valence-electron chi connectivity index (χ0n) is 15.2. The first-order chi connectivity index (χ1) is 11.3. The molecule has 0 N–H and O–H groups in total. The maximum Gasteiger partial charge on any atom is 0.410 e. The average Bonchev–Trinajstić information content (AvgIpc) is 2.48. The molecule has 0 aromatic carbocycles. The fourth-order valence-corrected chi connectivity index (χ4v) is 3.23. The van der Waals surface area contributed by atoms with Crippen LogP contribution in [0.2, 0.25) is 0 Å². The normalized spacial score (nSPS) is 23.7. The van der Waals surface area contributed by atoms with Crippen LogP contribution in [0.15, 0.2) is 11.6 Å². The van der Waals surface area contributed by atoms with Crippen molar-refractivity contribution in [2.75, 3.05) is 33.4 Å². The molecule has 0 aliphatic carbocycles. The minimum Gasteiger partial charge on any atom is -0.469 e. The molecule has 0 aromatic rings. The minimum absolute atomic E-state index is 0.170. The summed E-state index contributed by atoms with van der Waals surface area (Å²) in [6.45, 7) is 8.18. The van der Waals surface area contributed by atoms with Gasteiger partial charge in [-0.2, -0.15) is 0 Å². The number of ether oxygens (including phenoxy) is 3. The van der Waals surface area contributed by atoms with Gasteiger partial charge in [0.05, 0.1) is 20.3 Å². The van der Waals surface area contributed by atoms with Gasteiger partial charge in [0.15, 0.2) is 0 Å². The summed E-state index contributed by atoms with van der Waals surface area (Å²) in [5.41, 5.74) is 0.887. The van der Waals surface area contributed by atoms with Crippen LogP contribution in [0.3, 0.4) is 0 Å². The van der Waals surface area contributed by atoms with Crippen molar-refractivity contribution in [2.45, 2.75) is 45.6 Å². The molecule has 6 nitrogen and oxygen atoms in total. The summed E-state index contributed by atoms with van der Waals surface area (Å²) >= 11 is 0. The molecule has 0 aromatic heterocycles. The lowest BCUT2D eigenvalue weighted by Gasteiger charge is -2.43. The van der Waals surface area contributed by atoms with Gasteiger partial charge in [-0.05, 0) is 33.6 Å². The molecule has 0 spiro atoms. The maximum absolute atomic E-state index is 12.3. The Morgan fingerprint density at radius 2 is 1.88 bits per heavy atom. The van der Waals surface area contributed by atoms with E-state index in [2.05, 4.69) is 10.8 Å². The Bertz CT molecular complexity index is 478. The number of hydrogen-bond donors (Lipinski definition) is 0. The fourth-order valence-electron chi connectivity index (χ4n) is 3.23. The molecular weight excluding hydrogens is 310 g/mol. The van der Waals surface area contributed by atoms with E-state index >= 15 is 0 Å². The quantitative estimate of drug-likeness (QED) is 0.448. The van der Waals surface area contributed by atoms with Crippen LogP contribution in [0.25, 0.3) is 0 Å². The molecule has 2 saturated heterocycles. The molecule has 2 bridgehead atoms. The molecule has 2 heterocycles. The number of methoxy groups -OCH3 is 1. The number of carbonyl (C=O) groups is 2. The SMILES string of the molecule is COC(=O)CCCC=C1C2COCC1CN(C(=O)OC(C)(C)C)C2. The van der Waals surface area contributed by atoms with Gasteiger partial charge < -0.3 is 19.1 Å². The highest BCUT2D eigenvalue weighted by Crippen LogP contribution is 2.33. The van der Waals surface area contributed by atoms with E-state index < -0.39 is 5.60 Å². The summed E-state index contributed by atoms with van der Waals surface area (Å²) in [5, 5.41) is 0. The molecule has 2 fully saturated rings. The minimum atomic E-state index is -0.479. The van der Waals surface area contributed by atoms with E-state index in [0.717, 1.165) is 12.8 Å². The third kappa shape index (κ3) is 5.23. The summed E-state index contributed by atoms with van der Waals surface area (Å²) in [4.78, 5) is 25.3. The van der Waals surface area contributed by atoms with Gasteiger partial charge in [-0.25, -0.2) is 4.79 Å². The maximum atomic E-state index is 12.3. The van der Waals surface area contributed by atoms with Gasteiger partial charge >= 0.3 is 12.1 Å². The largest absolute Gasteiger partial charge is 0.469 e. The Morgan fingerprint density at radius 3 is 2.42 bits per heavy atom. The molecule has 136 valence electrons. The summed E-state index contributed by atoms with van der Waals surface area (Å²) in [7, 11) is 1.41. The highest BCUT2D eigenvalue weighted by atomic mass is 16.6. The highest BCUT2D eigenvalue weighted by Gasteiger charge is 2.38. The average molecular weight is 339 g/mol. The number of allylic oxidation sites excluding steroid dienone is 1. The second-order valence-corrected chi connectivity index (χ2v) is 7.49. The summed E-state index contributed by atoms with van der Waals surface area (Å²) in [5.74, 6) is 0.281. The molecule has 2 aliphatic rings. The van der Waals surface area contributed by atoms with E-state index in [0.29, 0.717) is 32.7 Å². The number of unbranched alkanes of at least 4 members (excludes halogenated alkanes) is 1. The van der Waals surface area contributed by atoms with Crippen LogP contribution in [-0.2, 0) is 19.0 Å². The molecule has 24 heavy (non-hydrogen) atoms. The first-order valence-electron chi connectivity index (χ1n) is 8.62. The number of nitrogens with zero attached hydrogens (tertiary/aromatic N) is 1. The Kier molecular flexibility index (Phi) is 6.27. The van der Waals surface area contributed by atoms with Crippen LogP contribution >= 0.6 is 0 Å². The fraction of sp³-hybridized carbons (Fsp3) is 0.778. The first-order valence-corrected chi connectivity index (χ1v) is 8.62. The summed E-state index contributed by atoms with van der Waals surface area (Å²) in [6.07, 6.45) is 4.06. The van der Waals surface area contributed by atoms with Gasteiger partial charge in [0.25, 0.3) is 0 Å². The Labute approximate surface area is 144 Å². The Morgan fingerprint density at radius 1 is 1.25 bits per heavy atom. The zero-order chi connectivity index (χ0) is 17.7. The van der Waals surface area contributed by atoms with Gasteiger partial charge in [-0.15, -0.1) is 0 Å². The van der Waals surface area contributed by atoms with Gasteiger partial charge in [0.2, 0.25) is 0 Å². The van der Waals surface area contributed by atoms with Gasteiger partial charge in [0, 0.05) is 31.3 Å². The Hall–Kier alpha value is -1.56. The van der Waals surface area contributed by atoms with E-state index in [-0.39, 0.29) is 23.9 Å². The number of amides is 1. The second kappa shape index (κ2) is 8.01. The van der Waals surface area contributed by atoms with Crippen LogP contribution in [-0.4, -0.2) is 56.0 Å². The molecule has 1 amide bonds. The van der Waals surface area contributed by atoms with Crippen molar-refractivity contribution in [3.63, 3.8) is 0 Å². The second-order valence-electron chi connectivity index (χ2n) is 7.49. The highest BCUT2D eigenvalue weighted by molar-refractivity contribution is 5.69. The third-order valence-corrected chi connectivity index (χ3v) is 4.31. The molecule has 2 atom stereocenters. The number of fused-ring (bicyclic) bond motifs is 2. The summed E-state index contributed by atoms with van der Waals surface area (Å²) < 4.78 is 15.8. The van der Waals surface area contributed by atoms with Crippen molar-refractivity contribution < 1.29 is 23.8 Å². The van der Waals surface area contributed by atoms with Crippen molar-refractivity contribution >= 4 is 12.1 Å². The number of hydrogen-bond acceptors (Lipinski definition) is 5. The van der Waals surface area contributed by atoms with Crippen molar-refractivity contribution in [3.8, 4) is 0 Å². The Balaban J connectivity index is 1.93. The predicted molar refractivity (Wildman–Crippen MR) is 89.6 cm³/mol. The van der Waals surface area contributed by atoms with Crippen molar-refractivity contribution in [2.24, 2.45) is 11.8 Å². The van der Waals surface area contributed by atoms with Crippen LogP contribution < -0.4 is 0 Å². The molecule has 2 aliphatic heterocycles. The summed E-state index contributed by atoms with van der Waals surface area (Å²) in [6, 6.07) is 0.